The molecule has 1 unspecified atom stereocenters. The molecule has 0 spiro atoms. The quantitative estimate of drug-likeness (QED) is 0.669. The van der Waals surface area contributed by atoms with Crippen molar-refractivity contribution in [2.75, 3.05) is 18.0 Å². The molecule has 4 nitrogen and oxygen atoms in total. The lowest BCUT2D eigenvalue weighted by Gasteiger charge is -2.21. The van der Waals surface area contributed by atoms with Crippen molar-refractivity contribution in [1.82, 2.24) is 5.32 Å². The van der Waals surface area contributed by atoms with Crippen LogP contribution in [0.15, 0.2) is 29.3 Å². The highest BCUT2D eigenvalue weighted by Crippen LogP contribution is 2.25. The minimum Gasteiger partial charge on any atom is -0.350 e. The van der Waals surface area contributed by atoms with Crippen LogP contribution in [-0.2, 0) is 0 Å². The fourth-order valence-electron chi connectivity index (χ4n) is 2.06. The Hall–Kier alpha value is -1.84. The molecule has 76 valence electrons. The van der Waals surface area contributed by atoms with Crippen molar-refractivity contribution in [1.29, 1.82) is 0 Å². The Morgan fingerprint density at radius 3 is 3.20 bits per heavy atom. The number of anilines is 1. The van der Waals surface area contributed by atoms with E-state index in [0.717, 1.165) is 17.8 Å². The van der Waals surface area contributed by atoms with Gasteiger partial charge < -0.3 is 10.2 Å². The second-order valence-corrected chi connectivity index (χ2v) is 3.77. The van der Waals surface area contributed by atoms with Crippen molar-refractivity contribution in [3.05, 3.63) is 29.8 Å². The summed E-state index contributed by atoms with van der Waals surface area (Å²) in [6.07, 6.45) is 1.82. The lowest BCUT2D eigenvalue weighted by Crippen LogP contribution is -2.38. The third-order valence-corrected chi connectivity index (χ3v) is 2.84. The van der Waals surface area contributed by atoms with Crippen LogP contribution in [0.2, 0.25) is 0 Å². The van der Waals surface area contributed by atoms with Gasteiger partial charge in [-0.1, -0.05) is 12.1 Å². The van der Waals surface area contributed by atoms with E-state index in [1.165, 1.54) is 0 Å². The molecule has 0 saturated carbocycles. The molecule has 0 radical (unpaired) electrons. The van der Waals surface area contributed by atoms with E-state index < -0.39 is 0 Å². The number of aliphatic imine (C=N–C) groups is 1. The lowest BCUT2D eigenvalue weighted by atomic mass is 10.1. The topological polar surface area (TPSA) is 44.7 Å². The minimum absolute atomic E-state index is 0.00778. The van der Waals surface area contributed by atoms with Crippen molar-refractivity contribution in [3.63, 3.8) is 0 Å². The number of hydrogen-bond acceptors (Lipinski definition) is 3. The standard InChI is InChI=1S/C11H11N3O/c15-11-9-3-1-2-4-10(9)14-7-12-5-8(14)6-13-11/h1-4,7-8H,5-6H2,(H,13,15). The van der Waals surface area contributed by atoms with Gasteiger partial charge in [-0.3, -0.25) is 9.79 Å². The molecule has 15 heavy (non-hydrogen) atoms. The molecule has 0 aliphatic carbocycles. The average Bonchev–Trinajstić information content (AvgIpc) is 2.69. The lowest BCUT2D eigenvalue weighted by molar-refractivity contribution is 0.0955. The van der Waals surface area contributed by atoms with Gasteiger partial charge in [0.2, 0.25) is 0 Å². The largest absolute Gasteiger partial charge is 0.350 e. The number of fused-ring (bicyclic) bond motifs is 3. The maximum Gasteiger partial charge on any atom is 0.253 e. The van der Waals surface area contributed by atoms with Gasteiger partial charge in [-0.15, -0.1) is 0 Å². The summed E-state index contributed by atoms with van der Waals surface area (Å²) in [7, 11) is 0. The third kappa shape index (κ3) is 1.21. The summed E-state index contributed by atoms with van der Waals surface area (Å²) < 4.78 is 0. The van der Waals surface area contributed by atoms with E-state index in [9.17, 15) is 4.79 Å². The summed E-state index contributed by atoms with van der Waals surface area (Å²) in [4.78, 5) is 18.1. The van der Waals surface area contributed by atoms with Crippen molar-refractivity contribution < 1.29 is 4.79 Å². The maximum atomic E-state index is 11.8. The first-order valence-electron chi connectivity index (χ1n) is 5.02. The van der Waals surface area contributed by atoms with Gasteiger partial charge in [0.1, 0.15) is 0 Å². The van der Waals surface area contributed by atoms with E-state index >= 15 is 0 Å². The fourth-order valence-corrected chi connectivity index (χ4v) is 2.06. The molecule has 1 aromatic carbocycles. The van der Waals surface area contributed by atoms with Crippen molar-refractivity contribution in [3.8, 4) is 0 Å². The zero-order chi connectivity index (χ0) is 10.3. The predicted octanol–water partition coefficient (Wildman–Crippen LogP) is 0.647. The Balaban J connectivity index is 2.15. The number of hydrogen-bond donors (Lipinski definition) is 1. The van der Waals surface area contributed by atoms with E-state index in [0.29, 0.717) is 6.54 Å². The van der Waals surface area contributed by atoms with Crippen LogP contribution < -0.4 is 10.2 Å². The van der Waals surface area contributed by atoms with Gasteiger partial charge in [0.15, 0.2) is 0 Å². The number of rotatable bonds is 0. The predicted molar refractivity (Wildman–Crippen MR) is 58.4 cm³/mol. The first-order chi connectivity index (χ1) is 7.36. The second kappa shape index (κ2) is 3.08. The molecule has 2 heterocycles. The maximum absolute atomic E-state index is 11.8. The summed E-state index contributed by atoms with van der Waals surface area (Å²) in [5, 5.41) is 2.91. The second-order valence-electron chi connectivity index (χ2n) is 3.77. The van der Waals surface area contributed by atoms with Gasteiger partial charge >= 0.3 is 0 Å². The summed E-state index contributed by atoms with van der Waals surface area (Å²) in [6.45, 7) is 1.42. The Morgan fingerprint density at radius 1 is 1.40 bits per heavy atom. The molecule has 2 aliphatic rings. The SMILES string of the molecule is O=C1NCC2CN=CN2c2ccccc21. The van der Waals surface area contributed by atoms with Crippen molar-refractivity contribution >= 4 is 17.9 Å². The highest BCUT2D eigenvalue weighted by molar-refractivity contribution is 6.03. The first-order valence-corrected chi connectivity index (χ1v) is 5.02. The van der Waals surface area contributed by atoms with E-state index in [-0.39, 0.29) is 11.9 Å². The zero-order valence-electron chi connectivity index (χ0n) is 8.18. The smallest absolute Gasteiger partial charge is 0.253 e. The Labute approximate surface area is 87.6 Å². The molecule has 4 heteroatoms. The Kier molecular flexibility index (Phi) is 1.74. The average molecular weight is 201 g/mol. The number of nitrogens with zero attached hydrogens (tertiary/aromatic N) is 2. The third-order valence-electron chi connectivity index (χ3n) is 2.84. The number of nitrogens with one attached hydrogen (secondary N) is 1. The number of carbonyl (C=O) groups excluding carboxylic acids is 1. The molecule has 0 saturated heterocycles. The van der Waals surface area contributed by atoms with Crippen LogP contribution in [-0.4, -0.2) is 31.4 Å². The molecule has 2 aliphatic heterocycles. The normalized spacial score (nSPS) is 23.1. The van der Waals surface area contributed by atoms with Gasteiger partial charge in [-0.25, -0.2) is 0 Å². The Bertz CT molecular complexity index is 441. The monoisotopic (exact) mass is 201 g/mol. The molecular weight excluding hydrogens is 190 g/mol. The summed E-state index contributed by atoms with van der Waals surface area (Å²) in [5.74, 6) is 0.00778. The molecule has 0 aromatic heterocycles. The molecule has 1 atom stereocenters. The van der Waals surface area contributed by atoms with E-state index in [1.807, 2.05) is 30.6 Å². The van der Waals surface area contributed by atoms with Gasteiger partial charge in [-0.2, -0.15) is 0 Å². The summed E-state index contributed by atoms with van der Waals surface area (Å²) in [5.41, 5.74) is 1.69. The van der Waals surface area contributed by atoms with Crippen molar-refractivity contribution in [2.45, 2.75) is 6.04 Å². The number of para-hydroxylation sites is 1. The molecule has 0 bridgehead atoms. The van der Waals surface area contributed by atoms with E-state index in [1.54, 1.807) is 0 Å². The van der Waals surface area contributed by atoms with Gasteiger partial charge in [-0.05, 0) is 12.1 Å². The van der Waals surface area contributed by atoms with Gasteiger partial charge in [0.05, 0.1) is 30.2 Å². The molecule has 3 rings (SSSR count). The van der Waals surface area contributed by atoms with Crippen LogP contribution in [0.25, 0.3) is 0 Å². The molecule has 0 fully saturated rings. The summed E-state index contributed by atoms with van der Waals surface area (Å²) >= 11 is 0. The van der Waals surface area contributed by atoms with Crippen molar-refractivity contribution in [2.24, 2.45) is 4.99 Å². The first kappa shape index (κ1) is 8.47. The Morgan fingerprint density at radius 2 is 2.27 bits per heavy atom. The highest BCUT2D eigenvalue weighted by Gasteiger charge is 2.28. The van der Waals surface area contributed by atoms with Crippen LogP contribution in [0.1, 0.15) is 10.4 Å². The van der Waals surface area contributed by atoms with Gasteiger partial charge in [0, 0.05) is 6.54 Å². The van der Waals surface area contributed by atoms with Crippen LogP contribution in [0.3, 0.4) is 0 Å². The number of carbonyl (C=O) groups is 1. The zero-order valence-corrected chi connectivity index (χ0v) is 8.18. The summed E-state index contributed by atoms with van der Waals surface area (Å²) in [6, 6.07) is 7.91. The number of benzene rings is 1. The van der Waals surface area contributed by atoms with E-state index in [4.69, 9.17) is 0 Å². The fraction of sp³-hybridized carbons (Fsp3) is 0.273. The van der Waals surface area contributed by atoms with Crippen LogP contribution in [0, 0.1) is 0 Å². The van der Waals surface area contributed by atoms with E-state index in [2.05, 4.69) is 15.2 Å². The molecule has 1 amide bonds. The van der Waals surface area contributed by atoms with Crippen LogP contribution in [0.5, 0.6) is 0 Å². The minimum atomic E-state index is 0.00778. The molecular formula is C11H11N3O. The molecule has 1 N–H and O–H groups in total. The highest BCUT2D eigenvalue weighted by atomic mass is 16.1. The number of amides is 1. The molecule has 1 aromatic rings. The van der Waals surface area contributed by atoms with Crippen LogP contribution in [0.4, 0.5) is 5.69 Å². The van der Waals surface area contributed by atoms with Gasteiger partial charge in [0.25, 0.3) is 5.91 Å². The van der Waals surface area contributed by atoms with Crippen LogP contribution >= 0.6 is 0 Å².